The molecule has 1 atom stereocenters. The zero-order valence-corrected chi connectivity index (χ0v) is 13.6. The van der Waals surface area contributed by atoms with Crippen molar-refractivity contribution in [3.63, 3.8) is 0 Å². The van der Waals surface area contributed by atoms with E-state index in [1.807, 2.05) is 48.5 Å². The number of aliphatic hydroxyl groups excluding tert-OH is 1. The molecule has 1 unspecified atom stereocenters. The summed E-state index contributed by atoms with van der Waals surface area (Å²) in [4.78, 5) is 12.1. The third-order valence-electron chi connectivity index (χ3n) is 4.48. The Morgan fingerprint density at radius 1 is 1.17 bits per heavy atom. The fourth-order valence-electron chi connectivity index (χ4n) is 2.85. The number of halogens is 1. The maximum Gasteiger partial charge on any atom is 0.222 e. The number of carbonyl (C=O) groups excluding carboxylic acids is 1. The van der Waals surface area contributed by atoms with E-state index in [0.717, 1.165) is 23.4 Å². The minimum absolute atomic E-state index is 0.0122. The van der Waals surface area contributed by atoms with E-state index in [0.29, 0.717) is 6.54 Å². The first-order valence-corrected chi connectivity index (χ1v) is 8.23. The summed E-state index contributed by atoms with van der Waals surface area (Å²) in [5.74, 6) is -0.130. The lowest BCUT2D eigenvalue weighted by Gasteiger charge is -2.18. The summed E-state index contributed by atoms with van der Waals surface area (Å²) >= 11 is 6.06. The first kappa shape index (κ1) is 16.0. The van der Waals surface area contributed by atoms with Crippen molar-refractivity contribution in [1.29, 1.82) is 0 Å². The highest BCUT2D eigenvalue weighted by atomic mass is 35.5. The molecule has 2 N–H and O–H groups in total. The summed E-state index contributed by atoms with van der Waals surface area (Å²) in [6.45, 7) is 0.591. The van der Waals surface area contributed by atoms with Gasteiger partial charge in [0.25, 0.3) is 0 Å². The van der Waals surface area contributed by atoms with Crippen molar-refractivity contribution in [3.8, 4) is 0 Å². The average molecular weight is 330 g/mol. The highest BCUT2D eigenvalue weighted by molar-refractivity contribution is 6.30. The Labute approximate surface area is 141 Å². The first-order valence-electron chi connectivity index (χ1n) is 7.85. The van der Waals surface area contributed by atoms with Crippen LogP contribution in [0.25, 0.3) is 0 Å². The summed E-state index contributed by atoms with van der Waals surface area (Å²) in [7, 11) is 0. The van der Waals surface area contributed by atoms with Crippen LogP contribution in [0.3, 0.4) is 0 Å². The molecule has 1 aliphatic carbocycles. The van der Waals surface area contributed by atoms with Gasteiger partial charge in [-0.1, -0.05) is 54.1 Å². The van der Waals surface area contributed by atoms with Crippen LogP contribution >= 0.6 is 11.6 Å². The summed E-state index contributed by atoms with van der Waals surface area (Å²) < 4.78 is 0. The predicted molar refractivity (Wildman–Crippen MR) is 91.4 cm³/mol. The number of carbonyl (C=O) groups is 1. The van der Waals surface area contributed by atoms with E-state index in [2.05, 4.69) is 11.4 Å². The highest BCUT2D eigenvalue weighted by Gasteiger charge is 2.44. The van der Waals surface area contributed by atoms with Gasteiger partial charge in [0.2, 0.25) is 5.91 Å². The van der Waals surface area contributed by atoms with Crippen molar-refractivity contribution in [2.45, 2.75) is 30.8 Å². The Morgan fingerprint density at radius 3 is 2.57 bits per heavy atom. The minimum atomic E-state index is -0.766. The SMILES string of the molecule is O=C(CC(O)c1ccccc1)NCC1(c2cccc(Cl)c2)CC1. The van der Waals surface area contributed by atoms with E-state index < -0.39 is 6.10 Å². The molecule has 0 spiro atoms. The normalized spacial score (nSPS) is 16.6. The zero-order valence-electron chi connectivity index (χ0n) is 12.8. The average Bonchev–Trinajstić information content (AvgIpc) is 3.35. The maximum atomic E-state index is 12.1. The molecule has 0 aliphatic heterocycles. The van der Waals surface area contributed by atoms with Gasteiger partial charge >= 0.3 is 0 Å². The standard InChI is InChI=1S/C19H20ClNO2/c20-16-8-4-7-15(11-16)19(9-10-19)13-21-18(23)12-17(22)14-5-2-1-3-6-14/h1-8,11,17,22H,9-10,12-13H2,(H,21,23). The second kappa shape index (κ2) is 6.73. The topological polar surface area (TPSA) is 49.3 Å². The van der Waals surface area contributed by atoms with Crippen LogP contribution in [0.15, 0.2) is 54.6 Å². The van der Waals surface area contributed by atoms with E-state index in [1.54, 1.807) is 0 Å². The lowest BCUT2D eigenvalue weighted by atomic mass is 9.96. The quantitative estimate of drug-likeness (QED) is 0.850. The Balaban J connectivity index is 1.55. The van der Waals surface area contributed by atoms with Gasteiger partial charge in [-0.2, -0.15) is 0 Å². The summed E-state index contributed by atoms with van der Waals surface area (Å²) in [6.07, 6.45) is 1.41. The second-order valence-electron chi connectivity index (χ2n) is 6.20. The smallest absolute Gasteiger partial charge is 0.222 e. The largest absolute Gasteiger partial charge is 0.388 e. The number of amides is 1. The third kappa shape index (κ3) is 3.92. The summed E-state index contributed by atoms with van der Waals surface area (Å²) in [5.41, 5.74) is 1.95. The Bertz CT molecular complexity index is 683. The fraction of sp³-hybridized carbons (Fsp3) is 0.316. The Hall–Kier alpha value is -1.84. The Kier molecular flexibility index (Phi) is 4.69. The van der Waals surface area contributed by atoms with E-state index in [4.69, 9.17) is 11.6 Å². The number of hydrogen-bond acceptors (Lipinski definition) is 2. The van der Waals surface area contributed by atoms with Crippen LogP contribution in [-0.4, -0.2) is 17.6 Å². The molecule has 120 valence electrons. The van der Waals surface area contributed by atoms with Gasteiger partial charge in [-0.05, 0) is 36.1 Å². The lowest BCUT2D eigenvalue weighted by Crippen LogP contribution is -2.33. The molecule has 1 aliphatic rings. The van der Waals surface area contributed by atoms with Gasteiger partial charge < -0.3 is 10.4 Å². The number of nitrogens with one attached hydrogen (secondary N) is 1. The van der Waals surface area contributed by atoms with Gasteiger partial charge in [-0.15, -0.1) is 0 Å². The van der Waals surface area contributed by atoms with Crippen LogP contribution in [0.1, 0.15) is 36.5 Å². The molecule has 0 aromatic heterocycles. The Morgan fingerprint density at radius 2 is 1.91 bits per heavy atom. The van der Waals surface area contributed by atoms with Gasteiger partial charge in [-0.25, -0.2) is 0 Å². The molecular formula is C19H20ClNO2. The van der Waals surface area contributed by atoms with E-state index in [-0.39, 0.29) is 17.7 Å². The molecule has 1 saturated carbocycles. The molecule has 0 heterocycles. The van der Waals surface area contributed by atoms with Crippen molar-refractivity contribution in [1.82, 2.24) is 5.32 Å². The molecule has 2 aromatic carbocycles. The monoisotopic (exact) mass is 329 g/mol. The van der Waals surface area contributed by atoms with E-state index in [1.165, 1.54) is 5.56 Å². The molecule has 4 heteroatoms. The third-order valence-corrected chi connectivity index (χ3v) is 4.71. The first-order chi connectivity index (χ1) is 11.1. The van der Waals surface area contributed by atoms with E-state index in [9.17, 15) is 9.90 Å². The summed E-state index contributed by atoms with van der Waals surface area (Å²) in [6, 6.07) is 17.1. The van der Waals surface area contributed by atoms with Crippen molar-refractivity contribution in [2.75, 3.05) is 6.54 Å². The van der Waals surface area contributed by atoms with Crippen LogP contribution < -0.4 is 5.32 Å². The maximum absolute atomic E-state index is 12.1. The number of aliphatic hydroxyl groups is 1. The van der Waals surface area contributed by atoms with Crippen LogP contribution in [0, 0.1) is 0 Å². The van der Waals surface area contributed by atoms with Crippen LogP contribution in [-0.2, 0) is 10.2 Å². The molecule has 2 aromatic rings. The summed E-state index contributed by atoms with van der Waals surface area (Å²) in [5, 5.41) is 13.8. The molecular weight excluding hydrogens is 310 g/mol. The molecule has 3 nitrogen and oxygen atoms in total. The molecule has 1 fully saturated rings. The molecule has 23 heavy (non-hydrogen) atoms. The second-order valence-corrected chi connectivity index (χ2v) is 6.63. The van der Waals surface area contributed by atoms with Gasteiger partial charge in [0.1, 0.15) is 0 Å². The minimum Gasteiger partial charge on any atom is -0.388 e. The van der Waals surface area contributed by atoms with Crippen molar-refractivity contribution >= 4 is 17.5 Å². The fourth-order valence-corrected chi connectivity index (χ4v) is 3.04. The van der Waals surface area contributed by atoms with Gasteiger partial charge in [0.05, 0.1) is 12.5 Å². The van der Waals surface area contributed by atoms with Gasteiger partial charge in [0, 0.05) is 17.0 Å². The molecule has 0 radical (unpaired) electrons. The molecule has 3 rings (SSSR count). The zero-order chi connectivity index (χ0) is 16.3. The van der Waals surface area contributed by atoms with Crippen LogP contribution in [0.5, 0.6) is 0 Å². The van der Waals surface area contributed by atoms with Crippen molar-refractivity contribution in [2.24, 2.45) is 0 Å². The van der Waals surface area contributed by atoms with E-state index >= 15 is 0 Å². The molecule has 0 bridgehead atoms. The highest BCUT2D eigenvalue weighted by Crippen LogP contribution is 2.48. The van der Waals surface area contributed by atoms with Gasteiger partial charge in [-0.3, -0.25) is 4.79 Å². The molecule has 1 amide bonds. The number of hydrogen-bond donors (Lipinski definition) is 2. The number of rotatable bonds is 6. The number of benzene rings is 2. The van der Waals surface area contributed by atoms with Gasteiger partial charge in [0.15, 0.2) is 0 Å². The molecule has 0 saturated heterocycles. The van der Waals surface area contributed by atoms with Crippen LogP contribution in [0.4, 0.5) is 0 Å². The predicted octanol–water partition coefficient (Wildman–Crippen LogP) is 3.61. The van der Waals surface area contributed by atoms with Crippen molar-refractivity contribution in [3.05, 3.63) is 70.7 Å². The van der Waals surface area contributed by atoms with Crippen molar-refractivity contribution < 1.29 is 9.90 Å². The van der Waals surface area contributed by atoms with Crippen LogP contribution in [0.2, 0.25) is 5.02 Å². The lowest BCUT2D eigenvalue weighted by molar-refractivity contribution is -0.123.